The van der Waals surface area contributed by atoms with Crippen LogP contribution in [-0.2, 0) is 9.53 Å². The maximum Gasteiger partial charge on any atom is 0.237 e. The number of nitrogens with zero attached hydrogens (tertiary/aromatic N) is 1. The predicted octanol–water partition coefficient (Wildman–Crippen LogP) is 2.88. The van der Waals surface area contributed by atoms with Crippen LogP contribution in [0.25, 0.3) is 21.8 Å². The molecule has 1 unspecified atom stereocenters. The molecule has 0 saturated carbocycles. The lowest BCUT2D eigenvalue weighted by Crippen LogP contribution is -2.44. The highest BCUT2D eigenvalue weighted by atomic mass is 16.5. The molecule has 1 amide bonds. The highest BCUT2D eigenvalue weighted by Gasteiger charge is 2.16. The zero-order valence-electron chi connectivity index (χ0n) is 16.4. The summed E-state index contributed by atoms with van der Waals surface area (Å²) in [5.74, 6) is 0.751. The molecule has 1 heterocycles. The first-order valence-corrected chi connectivity index (χ1v) is 9.58. The van der Waals surface area contributed by atoms with Gasteiger partial charge in [-0.15, -0.1) is 0 Å². The van der Waals surface area contributed by atoms with Crippen LogP contribution in [0, 0.1) is 5.92 Å². The Labute approximate surface area is 165 Å². The van der Waals surface area contributed by atoms with Crippen molar-refractivity contribution in [1.29, 1.82) is 0 Å². The maximum absolute atomic E-state index is 11.7. The van der Waals surface area contributed by atoms with E-state index in [0.717, 1.165) is 27.6 Å². The minimum atomic E-state index is -0.483. The summed E-state index contributed by atoms with van der Waals surface area (Å²) in [5.41, 5.74) is 7.71. The number of ether oxygens (including phenoxy) is 2. The van der Waals surface area contributed by atoms with E-state index in [9.17, 15) is 4.79 Å². The van der Waals surface area contributed by atoms with E-state index in [2.05, 4.69) is 22.4 Å². The molecule has 2 aromatic carbocycles. The van der Waals surface area contributed by atoms with E-state index in [-0.39, 0.29) is 11.8 Å². The van der Waals surface area contributed by atoms with Crippen molar-refractivity contribution in [3.63, 3.8) is 0 Å². The fraction of sp³-hybridized carbons (Fsp3) is 0.364. The number of rotatable bonds is 9. The van der Waals surface area contributed by atoms with Gasteiger partial charge >= 0.3 is 0 Å². The van der Waals surface area contributed by atoms with Crippen LogP contribution in [0.3, 0.4) is 0 Å². The number of nitrogens with one attached hydrogen (secondary N) is 1. The molecular weight excluding hydrogens is 354 g/mol. The molecule has 3 aromatic rings. The monoisotopic (exact) mass is 381 g/mol. The molecule has 0 aliphatic carbocycles. The van der Waals surface area contributed by atoms with Crippen LogP contribution < -0.4 is 15.8 Å². The van der Waals surface area contributed by atoms with Crippen molar-refractivity contribution >= 4 is 27.7 Å². The van der Waals surface area contributed by atoms with Crippen molar-refractivity contribution in [3.05, 3.63) is 48.5 Å². The number of aromatic nitrogens is 1. The second-order valence-electron chi connectivity index (χ2n) is 7.06. The first-order valence-electron chi connectivity index (χ1n) is 9.58. The topological polar surface area (TPSA) is 86.5 Å². The Morgan fingerprint density at radius 2 is 1.82 bits per heavy atom. The summed E-state index contributed by atoms with van der Waals surface area (Å²) < 4.78 is 11.3. The minimum Gasteiger partial charge on any atom is -0.491 e. The highest BCUT2D eigenvalue weighted by Crippen LogP contribution is 2.23. The average molecular weight is 381 g/mol. The summed E-state index contributed by atoms with van der Waals surface area (Å²) in [6.07, 6.45) is 0. The van der Waals surface area contributed by atoms with Crippen molar-refractivity contribution in [3.8, 4) is 5.75 Å². The van der Waals surface area contributed by atoms with Gasteiger partial charge in [0.2, 0.25) is 5.91 Å². The Morgan fingerprint density at radius 1 is 1.04 bits per heavy atom. The molecule has 0 saturated heterocycles. The molecule has 3 N–H and O–H groups in total. The second-order valence-corrected chi connectivity index (χ2v) is 7.06. The Balaban J connectivity index is 1.42. The van der Waals surface area contributed by atoms with Gasteiger partial charge in [-0.25, -0.2) is 4.98 Å². The molecule has 0 aliphatic heterocycles. The number of hydrogen-bond acceptors (Lipinski definition) is 5. The number of carbonyl (C=O) groups is 1. The fourth-order valence-corrected chi connectivity index (χ4v) is 2.84. The minimum absolute atomic E-state index is 0.115. The van der Waals surface area contributed by atoms with Gasteiger partial charge in [0.25, 0.3) is 0 Å². The Morgan fingerprint density at radius 3 is 2.64 bits per heavy atom. The van der Waals surface area contributed by atoms with Gasteiger partial charge in [-0.05, 0) is 36.2 Å². The van der Waals surface area contributed by atoms with Crippen molar-refractivity contribution in [2.45, 2.75) is 19.9 Å². The summed E-state index contributed by atoms with van der Waals surface area (Å²) in [5, 5.41) is 4.92. The summed E-state index contributed by atoms with van der Waals surface area (Å²) in [7, 11) is 0. The predicted molar refractivity (Wildman–Crippen MR) is 111 cm³/mol. The number of pyridine rings is 1. The van der Waals surface area contributed by atoms with E-state index in [4.69, 9.17) is 15.2 Å². The molecule has 148 valence electrons. The smallest absolute Gasteiger partial charge is 0.237 e. The van der Waals surface area contributed by atoms with Crippen LogP contribution in [-0.4, -0.2) is 43.3 Å². The van der Waals surface area contributed by atoms with Crippen LogP contribution in [0.1, 0.15) is 13.8 Å². The molecule has 0 bridgehead atoms. The van der Waals surface area contributed by atoms with Gasteiger partial charge < -0.3 is 20.5 Å². The van der Waals surface area contributed by atoms with Gasteiger partial charge in [0.05, 0.1) is 30.3 Å². The Hall–Kier alpha value is -2.70. The summed E-state index contributed by atoms with van der Waals surface area (Å²) in [4.78, 5) is 16.4. The van der Waals surface area contributed by atoms with Gasteiger partial charge in [-0.1, -0.05) is 32.0 Å². The van der Waals surface area contributed by atoms with Gasteiger partial charge in [0, 0.05) is 17.3 Å². The third-order valence-electron chi connectivity index (χ3n) is 4.55. The normalized spacial score (nSPS) is 12.4. The molecule has 3 rings (SSSR count). The SMILES string of the molecule is CC(C)C(N)C(=O)NCCOCCOc1ccc2nc3ccccc3cc2c1. The number of benzene rings is 2. The van der Waals surface area contributed by atoms with Gasteiger partial charge in [0.1, 0.15) is 12.4 Å². The summed E-state index contributed by atoms with van der Waals surface area (Å²) >= 11 is 0. The van der Waals surface area contributed by atoms with Crippen molar-refractivity contribution in [1.82, 2.24) is 10.3 Å². The third-order valence-corrected chi connectivity index (χ3v) is 4.55. The zero-order chi connectivity index (χ0) is 19.9. The first kappa shape index (κ1) is 20.0. The lowest BCUT2D eigenvalue weighted by molar-refractivity contribution is -0.123. The van der Waals surface area contributed by atoms with Gasteiger partial charge in [-0.2, -0.15) is 0 Å². The molecule has 0 fully saturated rings. The number of nitrogens with two attached hydrogens (primary N) is 1. The van der Waals surface area contributed by atoms with Crippen molar-refractivity contribution in [2.75, 3.05) is 26.4 Å². The number of hydrogen-bond donors (Lipinski definition) is 2. The second kappa shape index (κ2) is 9.48. The fourth-order valence-electron chi connectivity index (χ4n) is 2.84. The number of amides is 1. The third kappa shape index (κ3) is 5.18. The molecule has 1 aromatic heterocycles. The maximum atomic E-state index is 11.7. The molecule has 0 radical (unpaired) electrons. The lowest BCUT2D eigenvalue weighted by Gasteiger charge is -2.15. The van der Waals surface area contributed by atoms with Crippen LogP contribution >= 0.6 is 0 Å². The largest absolute Gasteiger partial charge is 0.491 e. The number of carbonyl (C=O) groups excluding carboxylic acids is 1. The highest BCUT2D eigenvalue weighted by molar-refractivity contribution is 5.93. The van der Waals surface area contributed by atoms with Crippen LogP contribution in [0.5, 0.6) is 5.75 Å². The molecule has 0 spiro atoms. The molecule has 1 atom stereocenters. The van der Waals surface area contributed by atoms with Gasteiger partial charge in [-0.3, -0.25) is 4.79 Å². The molecular formula is C22H27N3O3. The first-order chi connectivity index (χ1) is 13.5. The van der Waals surface area contributed by atoms with E-state index in [1.54, 1.807) is 0 Å². The van der Waals surface area contributed by atoms with Crippen LogP contribution in [0.4, 0.5) is 0 Å². The standard InChI is InChI=1S/C22H27N3O3/c1-15(2)21(23)22(26)24-9-10-27-11-12-28-18-7-8-20-17(14-18)13-16-5-3-4-6-19(16)25-20/h3-8,13-15,21H,9-12,23H2,1-2H3,(H,24,26). The van der Waals surface area contributed by atoms with Gasteiger partial charge in [0.15, 0.2) is 0 Å². The van der Waals surface area contributed by atoms with Crippen LogP contribution in [0.2, 0.25) is 0 Å². The van der Waals surface area contributed by atoms with Crippen LogP contribution in [0.15, 0.2) is 48.5 Å². The molecule has 0 aliphatic rings. The quantitative estimate of drug-likeness (QED) is 0.440. The number of fused-ring (bicyclic) bond motifs is 2. The average Bonchev–Trinajstić information content (AvgIpc) is 2.70. The van der Waals surface area contributed by atoms with Crippen molar-refractivity contribution < 1.29 is 14.3 Å². The molecule has 6 heteroatoms. The zero-order valence-corrected chi connectivity index (χ0v) is 16.4. The Kier molecular flexibility index (Phi) is 6.79. The Bertz CT molecular complexity index is 943. The number of para-hydroxylation sites is 1. The molecule has 28 heavy (non-hydrogen) atoms. The summed E-state index contributed by atoms with van der Waals surface area (Å²) in [6, 6.07) is 15.6. The van der Waals surface area contributed by atoms with E-state index < -0.39 is 6.04 Å². The van der Waals surface area contributed by atoms with E-state index >= 15 is 0 Å². The van der Waals surface area contributed by atoms with E-state index in [1.807, 2.05) is 50.2 Å². The van der Waals surface area contributed by atoms with Crippen molar-refractivity contribution in [2.24, 2.45) is 11.7 Å². The van der Waals surface area contributed by atoms with E-state index in [1.165, 1.54) is 0 Å². The molecule has 6 nitrogen and oxygen atoms in total. The summed E-state index contributed by atoms with van der Waals surface area (Å²) in [6.45, 7) is 5.58. The van der Waals surface area contributed by atoms with E-state index in [0.29, 0.717) is 26.4 Å². The lowest BCUT2D eigenvalue weighted by atomic mass is 10.1.